The summed E-state index contributed by atoms with van der Waals surface area (Å²) in [5, 5.41) is 3.90. The van der Waals surface area contributed by atoms with Gasteiger partial charge in [0.05, 0.1) is 13.3 Å². The maximum absolute atomic E-state index is 11.7. The molecule has 1 aromatic heterocycles. The zero-order valence-corrected chi connectivity index (χ0v) is 12.3. The lowest BCUT2D eigenvalue weighted by Crippen LogP contribution is -2.18. The summed E-state index contributed by atoms with van der Waals surface area (Å²) in [6, 6.07) is 10.6. The Morgan fingerprint density at radius 3 is 2.95 bits per heavy atom. The van der Waals surface area contributed by atoms with Crippen molar-refractivity contribution in [3.8, 4) is 5.75 Å². The van der Waals surface area contributed by atoms with Gasteiger partial charge in [-0.2, -0.15) is 5.10 Å². The highest BCUT2D eigenvalue weighted by atomic mass is 79.9. The summed E-state index contributed by atoms with van der Waals surface area (Å²) in [5.41, 5.74) is 3.48. The topological polar surface area (TPSA) is 63.6 Å². The Hall–Kier alpha value is -2.21. The molecule has 1 aromatic carbocycles. The molecule has 5 nitrogen and oxygen atoms in total. The molecule has 0 aliphatic heterocycles. The van der Waals surface area contributed by atoms with Gasteiger partial charge in [0.15, 0.2) is 0 Å². The fourth-order valence-electron chi connectivity index (χ4n) is 1.52. The van der Waals surface area contributed by atoms with Gasteiger partial charge in [0.25, 0.3) is 5.91 Å². The van der Waals surface area contributed by atoms with Gasteiger partial charge in [-0.3, -0.25) is 9.78 Å². The van der Waals surface area contributed by atoms with Gasteiger partial charge in [0, 0.05) is 16.2 Å². The third-order valence-electron chi connectivity index (χ3n) is 2.46. The number of hydrazone groups is 1. The molecule has 0 saturated carbocycles. The molecular weight excluding hydrogens is 322 g/mol. The largest absolute Gasteiger partial charge is 0.496 e. The van der Waals surface area contributed by atoms with E-state index in [0.29, 0.717) is 11.4 Å². The van der Waals surface area contributed by atoms with Gasteiger partial charge in [-0.15, -0.1) is 0 Å². The van der Waals surface area contributed by atoms with E-state index in [1.165, 1.54) is 6.21 Å². The van der Waals surface area contributed by atoms with Crippen LogP contribution in [0.2, 0.25) is 0 Å². The first-order chi connectivity index (χ1) is 9.70. The van der Waals surface area contributed by atoms with E-state index in [1.54, 1.807) is 31.5 Å². The number of benzene rings is 1. The van der Waals surface area contributed by atoms with Crippen LogP contribution in [-0.4, -0.2) is 24.2 Å². The van der Waals surface area contributed by atoms with Gasteiger partial charge in [-0.05, 0) is 30.3 Å². The molecule has 0 radical (unpaired) electrons. The average molecular weight is 334 g/mol. The highest BCUT2D eigenvalue weighted by molar-refractivity contribution is 9.10. The van der Waals surface area contributed by atoms with Crippen LogP contribution in [-0.2, 0) is 0 Å². The number of pyridine rings is 1. The monoisotopic (exact) mass is 333 g/mol. The first kappa shape index (κ1) is 14.2. The summed E-state index contributed by atoms with van der Waals surface area (Å²) in [4.78, 5) is 15.7. The van der Waals surface area contributed by atoms with E-state index in [-0.39, 0.29) is 5.91 Å². The third-order valence-corrected chi connectivity index (χ3v) is 2.95. The van der Waals surface area contributed by atoms with Gasteiger partial charge in [0.2, 0.25) is 0 Å². The van der Waals surface area contributed by atoms with Crippen LogP contribution in [0, 0.1) is 0 Å². The number of hydrogen-bond acceptors (Lipinski definition) is 4. The Balaban J connectivity index is 2.07. The highest BCUT2D eigenvalue weighted by Gasteiger charge is 2.04. The van der Waals surface area contributed by atoms with E-state index in [9.17, 15) is 4.79 Å². The van der Waals surface area contributed by atoms with Crippen LogP contribution in [0.4, 0.5) is 0 Å². The number of hydrogen-bond donors (Lipinski definition) is 1. The summed E-state index contributed by atoms with van der Waals surface area (Å²) >= 11 is 3.37. The second-order valence-corrected chi connectivity index (χ2v) is 4.72. The minimum absolute atomic E-state index is 0.311. The van der Waals surface area contributed by atoms with Crippen molar-refractivity contribution in [1.29, 1.82) is 0 Å². The molecule has 2 rings (SSSR count). The number of nitrogens with one attached hydrogen (secondary N) is 1. The molecule has 0 aliphatic rings. The fourth-order valence-corrected chi connectivity index (χ4v) is 1.90. The standard InChI is InChI=1S/C14H12BrN3O2/c1-20-13-6-5-11(15)8-10(13)9-17-18-14(19)12-4-2-3-7-16-12/h2-9H,1H3,(H,18,19). The number of amides is 1. The molecule has 20 heavy (non-hydrogen) atoms. The van der Waals surface area contributed by atoms with Gasteiger partial charge in [-0.25, -0.2) is 5.43 Å². The predicted molar refractivity (Wildman–Crippen MR) is 80.0 cm³/mol. The number of methoxy groups -OCH3 is 1. The fraction of sp³-hybridized carbons (Fsp3) is 0.0714. The van der Waals surface area contributed by atoms with Gasteiger partial charge < -0.3 is 4.74 Å². The maximum atomic E-state index is 11.7. The summed E-state index contributed by atoms with van der Waals surface area (Å²) in [6.07, 6.45) is 3.07. The first-order valence-electron chi connectivity index (χ1n) is 5.78. The van der Waals surface area contributed by atoms with Crippen molar-refractivity contribution < 1.29 is 9.53 Å². The molecule has 0 atom stereocenters. The SMILES string of the molecule is COc1ccc(Br)cc1C=NNC(=O)c1ccccn1. The van der Waals surface area contributed by atoms with E-state index in [1.807, 2.05) is 18.2 Å². The van der Waals surface area contributed by atoms with Crippen LogP contribution >= 0.6 is 15.9 Å². The van der Waals surface area contributed by atoms with E-state index in [2.05, 4.69) is 31.4 Å². The molecule has 1 heterocycles. The van der Waals surface area contributed by atoms with Gasteiger partial charge in [-0.1, -0.05) is 22.0 Å². The average Bonchev–Trinajstić information content (AvgIpc) is 2.48. The molecule has 0 unspecified atom stereocenters. The van der Waals surface area contributed by atoms with Crippen molar-refractivity contribution in [2.75, 3.05) is 7.11 Å². The van der Waals surface area contributed by atoms with Crippen LogP contribution in [0.25, 0.3) is 0 Å². The van der Waals surface area contributed by atoms with Crippen molar-refractivity contribution in [3.05, 3.63) is 58.3 Å². The molecule has 1 N–H and O–H groups in total. The minimum atomic E-state index is -0.365. The summed E-state index contributed by atoms with van der Waals surface area (Å²) in [5.74, 6) is 0.305. The van der Waals surface area contributed by atoms with E-state index < -0.39 is 0 Å². The number of ether oxygens (including phenoxy) is 1. The molecule has 102 valence electrons. The Morgan fingerprint density at radius 1 is 1.40 bits per heavy atom. The Bertz CT molecular complexity index is 630. The molecule has 0 spiro atoms. The van der Waals surface area contributed by atoms with E-state index >= 15 is 0 Å². The molecule has 0 bridgehead atoms. The molecular formula is C14H12BrN3O2. The quantitative estimate of drug-likeness (QED) is 0.691. The van der Waals surface area contributed by atoms with Crippen LogP contribution in [0.15, 0.2) is 52.2 Å². The summed E-state index contributed by atoms with van der Waals surface area (Å²) in [6.45, 7) is 0. The Morgan fingerprint density at radius 2 is 2.25 bits per heavy atom. The van der Waals surface area contributed by atoms with E-state index in [0.717, 1.165) is 10.0 Å². The second-order valence-electron chi connectivity index (χ2n) is 3.80. The lowest BCUT2D eigenvalue weighted by Gasteiger charge is -2.04. The molecule has 0 aliphatic carbocycles. The smallest absolute Gasteiger partial charge is 0.289 e. The highest BCUT2D eigenvalue weighted by Crippen LogP contribution is 2.21. The molecule has 2 aromatic rings. The lowest BCUT2D eigenvalue weighted by molar-refractivity contribution is 0.0950. The number of carbonyl (C=O) groups excluding carboxylic acids is 1. The van der Waals surface area contributed by atoms with Crippen molar-refractivity contribution in [3.63, 3.8) is 0 Å². The summed E-state index contributed by atoms with van der Waals surface area (Å²) < 4.78 is 6.10. The number of nitrogens with zero attached hydrogens (tertiary/aromatic N) is 2. The van der Waals surface area contributed by atoms with Gasteiger partial charge >= 0.3 is 0 Å². The van der Waals surface area contributed by atoms with Crippen molar-refractivity contribution >= 4 is 28.1 Å². The molecule has 0 fully saturated rings. The Labute approximate surface area is 124 Å². The second kappa shape index (κ2) is 6.81. The van der Waals surface area contributed by atoms with Crippen LogP contribution in [0.1, 0.15) is 16.1 Å². The van der Waals surface area contributed by atoms with Crippen LogP contribution < -0.4 is 10.2 Å². The van der Waals surface area contributed by atoms with Crippen molar-refractivity contribution in [2.45, 2.75) is 0 Å². The third kappa shape index (κ3) is 3.64. The number of aromatic nitrogens is 1. The number of rotatable bonds is 4. The predicted octanol–water partition coefficient (Wildman–Crippen LogP) is 2.62. The molecule has 1 amide bonds. The van der Waals surface area contributed by atoms with Crippen LogP contribution in [0.5, 0.6) is 5.75 Å². The zero-order chi connectivity index (χ0) is 14.4. The molecule has 6 heteroatoms. The van der Waals surface area contributed by atoms with E-state index in [4.69, 9.17) is 4.74 Å². The van der Waals surface area contributed by atoms with Crippen molar-refractivity contribution in [2.24, 2.45) is 5.10 Å². The number of carbonyl (C=O) groups is 1. The van der Waals surface area contributed by atoms with Crippen LogP contribution in [0.3, 0.4) is 0 Å². The zero-order valence-electron chi connectivity index (χ0n) is 10.7. The lowest BCUT2D eigenvalue weighted by atomic mass is 10.2. The molecule has 0 saturated heterocycles. The minimum Gasteiger partial charge on any atom is -0.496 e. The summed E-state index contributed by atoms with van der Waals surface area (Å²) in [7, 11) is 1.58. The first-order valence-corrected chi connectivity index (χ1v) is 6.58. The Kier molecular flexibility index (Phi) is 4.84. The number of halogens is 1. The van der Waals surface area contributed by atoms with Crippen molar-refractivity contribution in [1.82, 2.24) is 10.4 Å². The normalized spacial score (nSPS) is 10.5. The maximum Gasteiger partial charge on any atom is 0.289 e. The van der Waals surface area contributed by atoms with Gasteiger partial charge in [0.1, 0.15) is 11.4 Å².